The summed E-state index contributed by atoms with van der Waals surface area (Å²) < 4.78 is 2.24. The average molecular weight is 343 g/mol. The van der Waals surface area contributed by atoms with Gasteiger partial charge in [-0.25, -0.2) is 0 Å². The Balaban J connectivity index is 1.90. The summed E-state index contributed by atoms with van der Waals surface area (Å²) in [5.74, 6) is 0. The standard InChI is InChI=1S/C20H23ClN2O/c1-2-17(14-24)22-11-16-13-23(20-10-6-4-8-18(16)20)12-15-7-3-5-9-19(15)21/h3-10,13,17,22,24H,2,11-12,14H2,1H3/t17-/m0/s1. The first kappa shape index (κ1) is 17.0. The molecule has 2 N–H and O–H groups in total. The molecule has 24 heavy (non-hydrogen) atoms. The Morgan fingerprint density at radius 2 is 1.83 bits per heavy atom. The summed E-state index contributed by atoms with van der Waals surface area (Å²) in [4.78, 5) is 0. The van der Waals surface area contributed by atoms with Gasteiger partial charge in [0.05, 0.1) is 6.61 Å². The molecular weight excluding hydrogens is 320 g/mol. The minimum atomic E-state index is 0.135. The van der Waals surface area contributed by atoms with E-state index in [1.807, 2.05) is 18.2 Å². The number of aliphatic hydroxyl groups excluding tert-OH is 1. The highest BCUT2D eigenvalue weighted by atomic mass is 35.5. The summed E-state index contributed by atoms with van der Waals surface area (Å²) in [5, 5.41) is 14.8. The maximum Gasteiger partial charge on any atom is 0.0584 e. The molecule has 0 aliphatic rings. The van der Waals surface area contributed by atoms with Crippen molar-refractivity contribution >= 4 is 22.5 Å². The zero-order valence-corrected chi connectivity index (χ0v) is 14.6. The maximum absolute atomic E-state index is 9.37. The number of hydrogen-bond acceptors (Lipinski definition) is 2. The summed E-state index contributed by atoms with van der Waals surface area (Å²) in [6.07, 6.45) is 3.10. The fraction of sp³-hybridized carbons (Fsp3) is 0.300. The number of aromatic nitrogens is 1. The van der Waals surface area contributed by atoms with Crippen molar-refractivity contribution in [2.24, 2.45) is 0 Å². The molecule has 0 radical (unpaired) electrons. The third-order valence-electron chi connectivity index (χ3n) is 4.46. The molecule has 3 rings (SSSR count). The summed E-state index contributed by atoms with van der Waals surface area (Å²) in [6, 6.07) is 16.5. The second-order valence-corrected chi connectivity index (χ2v) is 6.47. The molecule has 0 fully saturated rings. The quantitative estimate of drug-likeness (QED) is 0.675. The van der Waals surface area contributed by atoms with Crippen molar-refractivity contribution in [3.05, 3.63) is 70.9 Å². The van der Waals surface area contributed by atoms with Gasteiger partial charge in [-0.2, -0.15) is 0 Å². The first-order chi connectivity index (χ1) is 11.7. The molecule has 3 nitrogen and oxygen atoms in total. The second-order valence-electron chi connectivity index (χ2n) is 6.06. The average Bonchev–Trinajstić information content (AvgIpc) is 2.96. The number of fused-ring (bicyclic) bond motifs is 1. The van der Waals surface area contributed by atoms with Crippen molar-refractivity contribution in [2.75, 3.05) is 6.61 Å². The van der Waals surface area contributed by atoms with Crippen LogP contribution in [-0.2, 0) is 13.1 Å². The Morgan fingerprint density at radius 1 is 1.08 bits per heavy atom. The van der Waals surface area contributed by atoms with Crippen molar-refractivity contribution in [3.63, 3.8) is 0 Å². The Hall–Kier alpha value is -1.81. The van der Waals surface area contributed by atoms with Crippen LogP contribution in [0, 0.1) is 0 Å². The summed E-state index contributed by atoms with van der Waals surface area (Å²) in [6.45, 7) is 3.73. The second kappa shape index (κ2) is 7.84. The first-order valence-corrected chi connectivity index (χ1v) is 8.75. The van der Waals surface area contributed by atoms with Gasteiger partial charge in [0, 0.05) is 41.3 Å². The van der Waals surface area contributed by atoms with Gasteiger partial charge in [0.1, 0.15) is 0 Å². The van der Waals surface area contributed by atoms with Crippen LogP contribution in [0.2, 0.25) is 5.02 Å². The molecule has 2 aromatic carbocycles. The molecule has 0 bridgehead atoms. The van der Waals surface area contributed by atoms with Gasteiger partial charge in [-0.05, 0) is 29.7 Å². The normalized spacial score (nSPS) is 12.6. The highest BCUT2D eigenvalue weighted by Crippen LogP contribution is 2.24. The van der Waals surface area contributed by atoms with Crippen molar-refractivity contribution < 1.29 is 5.11 Å². The molecule has 4 heteroatoms. The molecule has 0 saturated carbocycles. The molecule has 126 valence electrons. The fourth-order valence-corrected chi connectivity index (χ4v) is 3.19. The minimum absolute atomic E-state index is 0.135. The zero-order valence-electron chi connectivity index (χ0n) is 13.9. The van der Waals surface area contributed by atoms with Crippen molar-refractivity contribution in [1.29, 1.82) is 0 Å². The van der Waals surface area contributed by atoms with Crippen LogP contribution in [0.3, 0.4) is 0 Å². The lowest BCUT2D eigenvalue weighted by atomic mass is 10.1. The molecule has 1 aromatic heterocycles. The van der Waals surface area contributed by atoms with Gasteiger partial charge < -0.3 is 15.0 Å². The molecule has 3 aromatic rings. The molecular formula is C20H23ClN2O. The minimum Gasteiger partial charge on any atom is -0.395 e. The zero-order chi connectivity index (χ0) is 16.9. The number of para-hydroxylation sites is 1. The molecule has 1 heterocycles. The smallest absolute Gasteiger partial charge is 0.0584 e. The van der Waals surface area contributed by atoms with Crippen molar-refractivity contribution in [2.45, 2.75) is 32.5 Å². The van der Waals surface area contributed by atoms with E-state index < -0.39 is 0 Å². The third kappa shape index (κ3) is 3.64. The van der Waals surface area contributed by atoms with Gasteiger partial charge >= 0.3 is 0 Å². The van der Waals surface area contributed by atoms with Crippen LogP contribution < -0.4 is 5.32 Å². The number of nitrogens with one attached hydrogen (secondary N) is 1. The van der Waals surface area contributed by atoms with Gasteiger partial charge in [0.2, 0.25) is 0 Å². The van der Waals surface area contributed by atoms with E-state index >= 15 is 0 Å². The van der Waals surface area contributed by atoms with E-state index in [9.17, 15) is 5.11 Å². The monoisotopic (exact) mass is 342 g/mol. The number of rotatable bonds is 7. The predicted molar refractivity (Wildman–Crippen MR) is 100 cm³/mol. The highest BCUT2D eigenvalue weighted by Gasteiger charge is 2.11. The number of halogens is 1. The molecule has 0 saturated heterocycles. The van der Waals surface area contributed by atoms with Crippen LogP contribution in [0.15, 0.2) is 54.7 Å². The van der Waals surface area contributed by atoms with E-state index in [0.717, 1.165) is 30.1 Å². The Bertz CT molecular complexity index is 808. The van der Waals surface area contributed by atoms with Gasteiger partial charge in [-0.3, -0.25) is 0 Å². The van der Waals surface area contributed by atoms with Crippen molar-refractivity contribution in [1.82, 2.24) is 9.88 Å². The van der Waals surface area contributed by atoms with E-state index in [-0.39, 0.29) is 12.6 Å². The van der Waals surface area contributed by atoms with Crippen LogP contribution in [0.25, 0.3) is 10.9 Å². The van der Waals surface area contributed by atoms with Crippen LogP contribution in [0.4, 0.5) is 0 Å². The van der Waals surface area contributed by atoms with E-state index in [4.69, 9.17) is 11.6 Å². The first-order valence-electron chi connectivity index (χ1n) is 8.37. The van der Waals surface area contributed by atoms with E-state index in [0.29, 0.717) is 0 Å². The summed E-state index contributed by atoms with van der Waals surface area (Å²) in [7, 11) is 0. The number of hydrogen-bond donors (Lipinski definition) is 2. The van der Waals surface area contributed by atoms with E-state index in [2.05, 4.69) is 53.3 Å². The molecule has 0 aliphatic carbocycles. The van der Waals surface area contributed by atoms with Crippen LogP contribution in [-0.4, -0.2) is 22.3 Å². The number of benzene rings is 2. The Morgan fingerprint density at radius 3 is 2.58 bits per heavy atom. The summed E-state index contributed by atoms with van der Waals surface area (Å²) in [5.41, 5.74) is 3.55. The number of nitrogens with zero attached hydrogens (tertiary/aromatic N) is 1. The highest BCUT2D eigenvalue weighted by molar-refractivity contribution is 6.31. The summed E-state index contributed by atoms with van der Waals surface area (Å²) >= 11 is 6.32. The molecule has 0 amide bonds. The van der Waals surface area contributed by atoms with Crippen LogP contribution in [0.1, 0.15) is 24.5 Å². The van der Waals surface area contributed by atoms with Gasteiger partial charge in [0.25, 0.3) is 0 Å². The fourth-order valence-electron chi connectivity index (χ4n) is 3.00. The molecule has 0 aliphatic heterocycles. The van der Waals surface area contributed by atoms with E-state index in [1.165, 1.54) is 16.5 Å². The van der Waals surface area contributed by atoms with Gasteiger partial charge in [0.15, 0.2) is 0 Å². The maximum atomic E-state index is 9.37. The SMILES string of the molecule is CC[C@@H](CO)NCc1cn(Cc2ccccc2Cl)c2ccccc12. The Labute approximate surface area is 147 Å². The van der Waals surface area contributed by atoms with Crippen LogP contribution >= 0.6 is 11.6 Å². The van der Waals surface area contributed by atoms with Crippen molar-refractivity contribution in [3.8, 4) is 0 Å². The largest absolute Gasteiger partial charge is 0.395 e. The lowest BCUT2D eigenvalue weighted by molar-refractivity contribution is 0.238. The third-order valence-corrected chi connectivity index (χ3v) is 4.83. The lowest BCUT2D eigenvalue weighted by Gasteiger charge is -2.13. The predicted octanol–water partition coefficient (Wildman–Crippen LogP) is 4.20. The lowest BCUT2D eigenvalue weighted by Crippen LogP contribution is -2.31. The van der Waals surface area contributed by atoms with E-state index in [1.54, 1.807) is 0 Å². The topological polar surface area (TPSA) is 37.2 Å². The van der Waals surface area contributed by atoms with Crippen LogP contribution in [0.5, 0.6) is 0 Å². The molecule has 1 atom stereocenters. The Kier molecular flexibility index (Phi) is 5.56. The number of aliphatic hydroxyl groups is 1. The molecule has 0 unspecified atom stereocenters. The van der Waals surface area contributed by atoms with Gasteiger partial charge in [-0.15, -0.1) is 0 Å². The van der Waals surface area contributed by atoms with Gasteiger partial charge in [-0.1, -0.05) is 54.9 Å². The molecule has 0 spiro atoms.